The van der Waals surface area contributed by atoms with E-state index in [0.29, 0.717) is 43.4 Å². The van der Waals surface area contributed by atoms with Crippen LogP contribution in [0.5, 0.6) is 11.5 Å². The predicted octanol–water partition coefficient (Wildman–Crippen LogP) is 1.18. The van der Waals surface area contributed by atoms with Crippen LogP contribution in [0.15, 0.2) is 18.2 Å². The van der Waals surface area contributed by atoms with Crippen LogP contribution in [0.2, 0.25) is 0 Å². The Labute approximate surface area is 144 Å². The van der Waals surface area contributed by atoms with Crippen molar-refractivity contribution in [2.45, 2.75) is 18.9 Å². The van der Waals surface area contributed by atoms with Crippen molar-refractivity contribution in [1.82, 2.24) is 4.90 Å². The molecule has 3 amide bonds. The number of piperidine rings is 1. The van der Waals surface area contributed by atoms with E-state index in [1.54, 1.807) is 18.2 Å². The lowest BCUT2D eigenvalue weighted by Gasteiger charge is -2.30. The number of ether oxygens (including phenoxy) is 3. The van der Waals surface area contributed by atoms with E-state index in [1.165, 1.54) is 12.0 Å². The second-order valence-electron chi connectivity index (χ2n) is 6.24. The fraction of sp³-hybridized carbons (Fsp3) is 0.471. The molecule has 3 aliphatic heterocycles. The molecule has 2 atom stereocenters. The van der Waals surface area contributed by atoms with Gasteiger partial charge in [-0.1, -0.05) is 0 Å². The minimum Gasteiger partial charge on any atom is -0.486 e. The number of esters is 1. The van der Waals surface area contributed by atoms with Gasteiger partial charge in [-0.25, -0.2) is 9.69 Å². The summed E-state index contributed by atoms with van der Waals surface area (Å²) >= 11 is 0. The quantitative estimate of drug-likeness (QED) is 0.590. The highest BCUT2D eigenvalue weighted by molar-refractivity contribution is 6.21. The summed E-state index contributed by atoms with van der Waals surface area (Å²) in [6, 6.07) is 4.01. The van der Waals surface area contributed by atoms with Gasteiger partial charge < -0.3 is 19.1 Å². The molecule has 0 aliphatic carbocycles. The van der Waals surface area contributed by atoms with Crippen molar-refractivity contribution >= 4 is 23.6 Å². The molecule has 1 aromatic rings. The van der Waals surface area contributed by atoms with Gasteiger partial charge in [-0.05, 0) is 25.0 Å². The standard InChI is InChI=1S/C17H18N2O6/c1-23-16(21)10-4-5-18-12(8-10)15(20)19(17(18)22)11-2-3-13-14(9-11)25-7-6-24-13/h2-3,9-10,12H,4-8H2,1H3. The zero-order chi connectivity index (χ0) is 17.6. The summed E-state index contributed by atoms with van der Waals surface area (Å²) in [7, 11) is 1.33. The van der Waals surface area contributed by atoms with Gasteiger partial charge in [-0.3, -0.25) is 9.59 Å². The van der Waals surface area contributed by atoms with E-state index < -0.39 is 6.04 Å². The predicted molar refractivity (Wildman–Crippen MR) is 85.5 cm³/mol. The van der Waals surface area contributed by atoms with E-state index >= 15 is 0 Å². The number of nitrogens with zero attached hydrogens (tertiary/aromatic N) is 2. The lowest BCUT2D eigenvalue weighted by molar-refractivity contribution is -0.147. The third kappa shape index (κ3) is 2.48. The largest absolute Gasteiger partial charge is 0.486 e. The number of amides is 3. The van der Waals surface area contributed by atoms with Gasteiger partial charge in [0.25, 0.3) is 5.91 Å². The summed E-state index contributed by atoms with van der Waals surface area (Å²) in [5, 5.41) is 0. The van der Waals surface area contributed by atoms with Crippen molar-refractivity contribution in [2.75, 3.05) is 31.8 Å². The van der Waals surface area contributed by atoms with Crippen molar-refractivity contribution in [2.24, 2.45) is 5.92 Å². The Morgan fingerprint density at radius 1 is 1.20 bits per heavy atom. The topological polar surface area (TPSA) is 85.4 Å². The first-order chi connectivity index (χ1) is 12.1. The number of benzene rings is 1. The number of hydrogen-bond acceptors (Lipinski definition) is 6. The summed E-state index contributed by atoms with van der Waals surface area (Å²) in [5.74, 6) is 0.0930. The van der Waals surface area contributed by atoms with Crippen molar-refractivity contribution in [3.63, 3.8) is 0 Å². The lowest BCUT2D eigenvalue weighted by Crippen LogP contribution is -2.44. The first-order valence-corrected chi connectivity index (χ1v) is 8.22. The molecule has 25 heavy (non-hydrogen) atoms. The van der Waals surface area contributed by atoms with Crippen LogP contribution >= 0.6 is 0 Å². The number of imide groups is 1. The zero-order valence-corrected chi connectivity index (χ0v) is 13.8. The van der Waals surface area contributed by atoms with Gasteiger partial charge in [0.2, 0.25) is 0 Å². The van der Waals surface area contributed by atoms with Gasteiger partial charge in [0.15, 0.2) is 11.5 Å². The summed E-state index contributed by atoms with van der Waals surface area (Å²) in [6.45, 7) is 1.25. The third-order valence-corrected chi connectivity index (χ3v) is 4.86. The van der Waals surface area contributed by atoms with E-state index in [2.05, 4.69) is 0 Å². The van der Waals surface area contributed by atoms with E-state index in [1.807, 2.05) is 0 Å². The fourth-order valence-electron chi connectivity index (χ4n) is 3.59. The minimum atomic E-state index is -0.626. The molecule has 2 saturated heterocycles. The molecule has 132 valence electrons. The van der Waals surface area contributed by atoms with Gasteiger partial charge >= 0.3 is 12.0 Å². The van der Waals surface area contributed by atoms with Gasteiger partial charge in [0.05, 0.1) is 18.7 Å². The average molecular weight is 346 g/mol. The molecule has 0 saturated carbocycles. The van der Waals surface area contributed by atoms with Crippen LogP contribution in [0, 0.1) is 5.92 Å². The molecule has 0 radical (unpaired) electrons. The van der Waals surface area contributed by atoms with Gasteiger partial charge in [-0.2, -0.15) is 0 Å². The Hall–Kier alpha value is -2.77. The second-order valence-corrected chi connectivity index (χ2v) is 6.24. The van der Waals surface area contributed by atoms with Crippen LogP contribution in [0.3, 0.4) is 0 Å². The Bertz CT molecular complexity index is 749. The summed E-state index contributed by atoms with van der Waals surface area (Å²) in [4.78, 5) is 40.0. The maximum Gasteiger partial charge on any atom is 0.332 e. The molecule has 8 heteroatoms. The van der Waals surface area contributed by atoms with Gasteiger partial charge in [-0.15, -0.1) is 0 Å². The molecule has 3 heterocycles. The molecule has 0 N–H and O–H groups in total. The maximum absolute atomic E-state index is 12.8. The molecule has 2 unspecified atom stereocenters. The van der Waals surface area contributed by atoms with Gasteiger partial charge in [0.1, 0.15) is 19.3 Å². The van der Waals surface area contributed by atoms with Crippen molar-refractivity contribution in [3.05, 3.63) is 18.2 Å². The highest BCUT2D eigenvalue weighted by Gasteiger charge is 2.50. The Morgan fingerprint density at radius 2 is 1.96 bits per heavy atom. The van der Waals surface area contributed by atoms with Crippen LogP contribution in [0.25, 0.3) is 0 Å². The number of rotatable bonds is 2. The number of methoxy groups -OCH3 is 1. The molecule has 4 rings (SSSR count). The van der Waals surface area contributed by atoms with Crippen LogP contribution in [-0.4, -0.2) is 55.7 Å². The molecular weight excluding hydrogens is 328 g/mol. The molecule has 2 fully saturated rings. The van der Waals surface area contributed by atoms with Crippen LogP contribution in [-0.2, 0) is 14.3 Å². The average Bonchev–Trinajstić information content (AvgIpc) is 2.91. The summed E-state index contributed by atoms with van der Waals surface area (Å²) in [6.07, 6.45) is 0.787. The number of carbonyl (C=O) groups is 3. The molecule has 0 bridgehead atoms. The number of fused-ring (bicyclic) bond motifs is 2. The normalized spacial score (nSPS) is 25.0. The molecule has 0 aromatic heterocycles. The Balaban J connectivity index is 1.61. The van der Waals surface area contributed by atoms with E-state index in [9.17, 15) is 14.4 Å². The van der Waals surface area contributed by atoms with Crippen LogP contribution in [0.1, 0.15) is 12.8 Å². The van der Waals surface area contributed by atoms with Crippen molar-refractivity contribution in [1.29, 1.82) is 0 Å². The monoisotopic (exact) mass is 346 g/mol. The van der Waals surface area contributed by atoms with Crippen LogP contribution in [0.4, 0.5) is 10.5 Å². The lowest BCUT2D eigenvalue weighted by atomic mass is 9.91. The highest BCUT2D eigenvalue weighted by atomic mass is 16.6. The second kappa shape index (κ2) is 5.94. The zero-order valence-electron chi connectivity index (χ0n) is 13.8. The Morgan fingerprint density at radius 3 is 2.72 bits per heavy atom. The summed E-state index contributed by atoms with van der Waals surface area (Å²) in [5.41, 5.74) is 0.447. The smallest absolute Gasteiger partial charge is 0.332 e. The number of hydrogen-bond donors (Lipinski definition) is 0. The van der Waals surface area contributed by atoms with E-state index in [4.69, 9.17) is 14.2 Å². The van der Waals surface area contributed by atoms with Crippen molar-refractivity contribution < 1.29 is 28.6 Å². The molecule has 8 nitrogen and oxygen atoms in total. The van der Waals surface area contributed by atoms with Gasteiger partial charge in [0, 0.05) is 12.6 Å². The molecule has 1 aromatic carbocycles. The molecule has 0 spiro atoms. The summed E-state index contributed by atoms with van der Waals surface area (Å²) < 4.78 is 15.8. The third-order valence-electron chi connectivity index (χ3n) is 4.86. The van der Waals surface area contributed by atoms with Crippen LogP contribution < -0.4 is 14.4 Å². The molecule has 3 aliphatic rings. The van der Waals surface area contributed by atoms with E-state index in [0.717, 1.165) is 4.90 Å². The SMILES string of the molecule is COC(=O)C1CCN2C(=O)N(c3ccc4c(c3)OCCO4)C(=O)C2C1. The maximum atomic E-state index is 12.8. The fourth-order valence-corrected chi connectivity index (χ4v) is 3.59. The molecular formula is C17H18N2O6. The Kier molecular flexibility index (Phi) is 3.74. The van der Waals surface area contributed by atoms with E-state index in [-0.39, 0.29) is 30.2 Å². The first kappa shape index (κ1) is 15.7. The highest BCUT2D eigenvalue weighted by Crippen LogP contribution is 2.38. The van der Waals surface area contributed by atoms with Crippen molar-refractivity contribution in [3.8, 4) is 11.5 Å². The minimum absolute atomic E-state index is 0.290. The first-order valence-electron chi connectivity index (χ1n) is 8.22. The number of urea groups is 1. The number of carbonyl (C=O) groups excluding carboxylic acids is 3. The number of anilines is 1.